The van der Waals surface area contributed by atoms with E-state index < -0.39 is 0 Å². The standard InChI is InChI=1S/C36H19BN2S/c1-4-14-27-20(9-1)23-12-7-13-26-34(23)38(27)29-16-8-17-30-32(29)37(26)33-35-24(21-10-2-5-15-28(21)39(30)35)19-25-22-11-3-6-18-31(22)40-36(25)33/h1-19H. The Bertz CT molecular complexity index is 2610. The van der Waals surface area contributed by atoms with Gasteiger partial charge >= 0.3 is 0 Å². The summed E-state index contributed by atoms with van der Waals surface area (Å²) in [5.74, 6) is 0. The molecule has 0 bridgehead atoms. The van der Waals surface area contributed by atoms with Gasteiger partial charge < -0.3 is 9.13 Å². The van der Waals surface area contributed by atoms with E-state index >= 15 is 0 Å². The van der Waals surface area contributed by atoms with E-state index in [0.717, 1.165) is 0 Å². The lowest BCUT2D eigenvalue weighted by atomic mass is 9.34. The van der Waals surface area contributed by atoms with E-state index in [-0.39, 0.29) is 6.71 Å². The normalized spacial score (nSPS) is 13.4. The van der Waals surface area contributed by atoms with Crippen molar-refractivity contribution >= 4 is 98.2 Å². The molecule has 0 fully saturated rings. The van der Waals surface area contributed by atoms with Crippen LogP contribution in [-0.4, -0.2) is 15.8 Å². The van der Waals surface area contributed by atoms with Gasteiger partial charge in [0.1, 0.15) is 0 Å². The van der Waals surface area contributed by atoms with Crippen molar-refractivity contribution in [2.24, 2.45) is 0 Å². The van der Waals surface area contributed by atoms with Gasteiger partial charge in [-0.25, -0.2) is 0 Å². The Kier molecular flexibility index (Phi) is 3.36. The third kappa shape index (κ3) is 2.10. The van der Waals surface area contributed by atoms with Crippen LogP contribution in [0.2, 0.25) is 0 Å². The summed E-state index contributed by atoms with van der Waals surface area (Å²) in [7, 11) is 0. The van der Waals surface area contributed by atoms with Crippen LogP contribution in [0.5, 0.6) is 0 Å². The molecular formula is C36H19BN2S. The van der Waals surface area contributed by atoms with Crippen LogP contribution in [0.25, 0.3) is 75.2 Å². The van der Waals surface area contributed by atoms with Crippen molar-refractivity contribution in [1.82, 2.24) is 9.13 Å². The van der Waals surface area contributed by atoms with E-state index in [2.05, 4.69) is 124 Å². The zero-order valence-corrected chi connectivity index (χ0v) is 22.2. The van der Waals surface area contributed by atoms with E-state index in [1.807, 2.05) is 11.3 Å². The molecule has 2 aliphatic rings. The van der Waals surface area contributed by atoms with Crippen molar-refractivity contribution in [3.63, 3.8) is 0 Å². The van der Waals surface area contributed by atoms with Crippen molar-refractivity contribution in [1.29, 1.82) is 0 Å². The highest BCUT2D eigenvalue weighted by atomic mass is 32.1. The van der Waals surface area contributed by atoms with Crippen LogP contribution in [0.4, 0.5) is 0 Å². The lowest BCUT2D eigenvalue weighted by Gasteiger charge is -2.33. The van der Waals surface area contributed by atoms with E-state index in [1.54, 1.807) is 0 Å². The molecule has 0 radical (unpaired) electrons. The molecule has 0 saturated carbocycles. The van der Waals surface area contributed by atoms with Gasteiger partial charge in [-0.3, -0.25) is 0 Å². The number of benzene rings is 6. The molecule has 0 spiro atoms. The van der Waals surface area contributed by atoms with E-state index in [9.17, 15) is 0 Å². The Morgan fingerprint density at radius 2 is 1.10 bits per heavy atom. The fourth-order valence-electron chi connectivity index (χ4n) is 8.07. The Balaban J connectivity index is 1.46. The van der Waals surface area contributed by atoms with Gasteiger partial charge in [0.05, 0.1) is 16.6 Å². The number of para-hydroxylation sites is 3. The van der Waals surface area contributed by atoms with Crippen molar-refractivity contribution in [3.05, 3.63) is 115 Å². The van der Waals surface area contributed by atoms with Gasteiger partial charge in [-0.15, -0.1) is 11.3 Å². The number of hydrogen-bond acceptors (Lipinski definition) is 1. The van der Waals surface area contributed by atoms with Crippen LogP contribution < -0.4 is 16.4 Å². The molecule has 2 nitrogen and oxygen atoms in total. The van der Waals surface area contributed by atoms with Crippen LogP contribution >= 0.6 is 11.3 Å². The Morgan fingerprint density at radius 1 is 0.475 bits per heavy atom. The second kappa shape index (κ2) is 6.67. The van der Waals surface area contributed by atoms with Gasteiger partial charge in [-0.05, 0) is 52.8 Å². The number of hydrogen-bond donors (Lipinski definition) is 0. The first-order valence-electron chi connectivity index (χ1n) is 13.9. The summed E-state index contributed by atoms with van der Waals surface area (Å²) in [6.45, 7) is 0.169. The third-order valence-electron chi connectivity index (χ3n) is 9.49. The minimum atomic E-state index is 0.169. The maximum absolute atomic E-state index is 2.57. The molecule has 3 aromatic heterocycles. The number of thiophene rings is 1. The Hall–Kier alpha value is -4.80. The highest BCUT2D eigenvalue weighted by Gasteiger charge is 2.41. The van der Waals surface area contributed by atoms with Gasteiger partial charge in [0.25, 0.3) is 6.71 Å². The number of fused-ring (bicyclic) bond motifs is 14. The van der Waals surface area contributed by atoms with E-state index in [4.69, 9.17) is 0 Å². The van der Waals surface area contributed by atoms with E-state index in [0.29, 0.717) is 0 Å². The maximum atomic E-state index is 2.57. The summed E-state index contributed by atoms with van der Waals surface area (Å²) in [5, 5.41) is 8.09. The summed E-state index contributed by atoms with van der Waals surface area (Å²) in [6.07, 6.45) is 0. The van der Waals surface area contributed by atoms with Gasteiger partial charge in [-0.1, -0.05) is 78.9 Å². The molecular weight excluding hydrogens is 503 g/mol. The minimum Gasteiger partial charge on any atom is -0.310 e. The third-order valence-corrected chi connectivity index (χ3v) is 10.7. The van der Waals surface area contributed by atoms with Gasteiger partial charge in [0.15, 0.2) is 0 Å². The first kappa shape index (κ1) is 20.2. The monoisotopic (exact) mass is 522 g/mol. The van der Waals surface area contributed by atoms with Crippen LogP contribution in [-0.2, 0) is 0 Å². The highest BCUT2D eigenvalue weighted by Crippen LogP contribution is 2.43. The van der Waals surface area contributed by atoms with Crippen molar-refractivity contribution < 1.29 is 0 Å². The molecule has 5 heterocycles. The molecule has 40 heavy (non-hydrogen) atoms. The maximum Gasteiger partial charge on any atom is 0.254 e. The van der Waals surface area contributed by atoms with Crippen molar-refractivity contribution in [2.75, 3.05) is 0 Å². The van der Waals surface area contributed by atoms with Crippen LogP contribution in [0.1, 0.15) is 0 Å². The quantitative estimate of drug-likeness (QED) is 0.184. The summed E-state index contributed by atoms with van der Waals surface area (Å²) >= 11 is 1.96. The van der Waals surface area contributed by atoms with Gasteiger partial charge in [0, 0.05) is 58.6 Å². The zero-order chi connectivity index (χ0) is 25.7. The van der Waals surface area contributed by atoms with Crippen LogP contribution in [0.3, 0.4) is 0 Å². The molecule has 0 saturated heterocycles. The predicted molar refractivity (Wildman–Crippen MR) is 173 cm³/mol. The second-order valence-corrected chi connectivity index (χ2v) is 12.3. The lowest BCUT2D eigenvalue weighted by molar-refractivity contribution is 1.14. The zero-order valence-electron chi connectivity index (χ0n) is 21.3. The van der Waals surface area contributed by atoms with Crippen molar-refractivity contribution in [3.8, 4) is 11.4 Å². The summed E-state index contributed by atoms with van der Waals surface area (Å²) < 4.78 is 7.88. The van der Waals surface area contributed by atoms with Gasteiger partial charge in [-0.2, -0.15) is 0 Å². The van der Waals surface area contributed by atoms with Crippen LogP contribution in [0.15, 0.2) is 115 Å². The molecule has 0 aliphatic carbocycles. The SMILES string of the molecule is c1cc2c3c(c1)-n1c4ccccc4c4cc5c(sc6ccccc65)c(c41)B3c1cccc3c4ccccc4n-2c13. The molecule has 0 amide bonds. The van der Waals surface area contributed by atoms with Crippen LogP contribution in [0, 0.1) is 0 Å². The average Bonchev–Trinajstić information content (AvgIpc) is 3.66. The number of rotatable bonds is 0. The molecule has 2 aliphatic heterocycles. The fraction of sp³-hybridized carbons (Fsp3) is 0. The molecule has 9 aromatic rings. The molecule has 11 rings (SSSR count). The lowest BCUT2D eigenvalue weighted by Crippen LogP contribution is -2.59. The first-order chi connectivity index (χ1) is 19.9. The van der Waals surface area contributed by atoms with Crippen molar-refractivity contribution in [2.45, 2.75) is 0 Å². The second-order valence-electron chi connectivity index (χ2n) is 11.3. The molecule has 0 unspecified atom stereocenters. The number of aromatic nitrogens is 2. The predicted octanol–water partition coefficient (Wildman–Crippen LogP) is 7.39. The number of nitrogens with zero attached hydrogens (tertiary/aromatic N) is 2. The summed E-state index contributed by atoms with van der Waals surface area (Å²) in [6, 6.07) is 43.2. The Labute approximate surface area is 233 Å². The molecule has 6 aromatic carbocycles. The molecule has 4 heteroatoms. The summed E-state index contributed by atoms with van der Waals surface area (Å²) in [5.41, 5.74) is 12.2. The fourth-order valence-corrected chi connectivity index (χ4v) is 9.32. The van der Waals surface area contributed by atoms with Gasteiger partial charge in [0.2, 0.25) is 0 Å². The topological polar surface area (TPSA) is 9.86 Å². The summed E-state index contributed by atoms with van der Waals surface area (Å²) in [4.78, 5) is 0. The molecule has 0 N–H and O–H groups in total. The largest absolute Gasteiger partial charge is 0.310 e. The highest BCUT2D eigenvalue weighted by molar-refractivity contribution is 7.28. The first-order valence-corrected chi connectivity index (χ1v) is 14.7. The minimum absolute atomic E-state index is 0.169. The molecule has 0 atom stereocenters. The Morgan fingerprint density at radius 3 is 1.90 bits per heavy atom. The molecule has 182 valence electrons. The average molecular weight is 522 g/mol. The van der Waals surface area contributed by atoms with E-state index in [1.165, 1.54) is 91.5 Å². The smallest absolute Gasteiger partial charge is 0.254 e.